The van der Waals surface area contributed by atoms with Gasteiger partial charge in [0.2, 0.25) is 0 Å². The first-order chi connectivity index (χ1) is 16.3. The van der Waals surface area contributed by atoms with Crippen molar-refractivity contribution in [2.75, 3.05) is 0 Å². The van der Waals surface area contributed by atoms with E-state index in [2.05, 4.69) is 115 Å². The smallest absolute Gasteiger partial charge is 0.326 e. The molecule has 1 N–H and O–H groups in total. The fourth-order valence-corrected chi connectivity index (χ4v) is 5.39. The van der Waals surface area contributed by atoms with Gasteiger partial charge in [-0.3, -0.25) is 0 Å². The third kappa shape index (κ3) is 2.99. The van der Waals surface area contributed by atoms with Crippen LogP contribution in [0.2, 0.25) is 0 Å². The molecule has 1 radical (unpaired) electrons. The van der Waals surface area contributed by atoms with Crippen LogP contribution in [-0.4, -0.2) is 12.5 Å². The molecule has 0 aromatic heterocycles. The Morgan fingerprint density at radius 2 is 1.03 bits per heavy atom. The maximum absolute atomic E-state index is 9.32. The Balaban J connectivity index is 1.68. The molecule has 0 unspecified atom stereocenters. The van der Waals surface area contributed by atoms with Gasteiger partial charge in [0.25, 0.3) is 0 Å². The van der Waals surface area contributed by atoms with E-state index >= 15 is 0 Å². The maximum atomic E-state index is 9.32. The molecule has 5 aromatic rings. The van der Waals surface area contributed by atoms with Crippen molar-refractivity contribution < 1.29 is 5.02 Å². The number of hydrogen-bond acceptors (Lipinski definition) is 1. The molecular formula is C31H22BO. The second-order valence-corrected chi connectivity index (χ2v) is 8.54. The van der Waals surface area contributed by atoms with Gasteiger partial charge in [-0.15, -0.1) is 0 Å². The summed E-state index contributed by atoms with van der Waals surface area (Å²) in [6.07, 6.45) is 0. The lowest BCUT2D eigenvalue weighted by atomic mass is 9.67. The summed E-state index contributed by atoms with van der Waals surface area (Å²) in [4.78, 5) is 0. The van der Waals surface area contributed by atoms with Gasteiger partial charge in [-0.1, -0.05) is 127 Å². The molecule has 0 aliphatic heterocycles. The van der Waals surface area contributed by atoms with E-state index in [0.29, 0.717) is 0 Å². The van der Waals surface area contributed by atoms with Crippen molar-refractivity contribution in [1.82, 2.24) is 0 Å². The quantitative estimate of drug-likeness (QED) is 0.349. The van der Waals surface area contributed by atoms with Crippen LogP contribution in [0.25, 0.3) is 22.3 Å². The van der Waals surface area contributed by atoms with Crippen molar-refractivity contribution in [2.24, 2.45) is 0 Å². The Hall–Kier alpha value is -3.88. The summed E-state index contributed by atoms with van der Waals surface area (Å²) in [7, 11) is 1.14. The number of benzene rings is 5. The highest BCUT2D eigenvalue weighted by molar-refractivity contribution is 6.45. The van der Waals surface area contributed by atoms with E-state index < -0.39 is 0 Å². The summed E-state index contributed by atoms with van der Waals surface area (Å²) >= 11 is 0. The van der Waals surface area contributed by atoms with Crippen molar-refractivity contribution >= 4 is 12.9 Å². The topological polar surface area (TPSA) is 20.2 Å². The molecule has 0 saturated heterocycles. The van der Waals surface area contributed by atoms with Crippen LogP contribution < -0.4 is 5.46 Å². The molecule has 0 saturated carbocycles. The van der Waals surface area contributed by atoms with E-state index in [0.717, 1.165) is 18.5 Å². The Labute approximate surface area is 195 Å². The van der Waals surface area contributed by atoms with E-state index in [4.69, 9.17) is 0 Å². The Morgan fingerprint density at radius 3 is 1.67 bits per heavy atom. The van der Waals surface area contributed by atoms with Gasteiger partial charge < -0.3 is 5.02 Å². The molecule has 0 atom stereocenters. The van der Waals surface area contributed by atoms with E-state index in [-0.39, 0.29) is 5.41 Å². The first-order valence-corrected chi connectivity index (χ1v) is 11.3. The molecule has 0 bridgehead atoms. The van der Waals surface area contributed by atoms with Gasteiger partial charge in [0, 0.05) is 0 Å². The van der Waals surface area contributed by atoms with Crippen LogP contribution in [0.3, 0.4) is 0 Å². The maximum Gasteiger partial charge on any atom is 0.326 e. The molecule has 6 rings (SSSR count). The minimum Gasteiger partial charge on any atom is -0.450 e. The molecule has 0 fully saturated rings. The van der Waals surface area contributed by atoms with E-state index in [9.17, 15) is 5.02 Å². The zero-order valence-electron chi connectivity index (χ0n) is 18.1. The highest BCUT2D eigenvalue weighted by atomic mass is 16.2. The Bertz CT molecular complexity index is 1380. The minimum atomic E-state index is -0.386. The van der Waals surface area contributed by atoms with Crippen LogP contribution in [0.1, 0.15) is 22.3 Å². The summed E-state index contributed by atoms with van der Waals surface area (Å²) in [5.74, 6) is 0. The van der Waals surface area contributed by atoms with E-state index in [1.807, 2.05) is 12.1 Å². The van der Waals surface area contributed by atoms with Crippen molar-refractivity contribution in [2.45, 2.75) is 5.41 Å². The lowest BCUT2D eigenvalue weighted by Crippen LogP contribution is -2.28. The highest BCUT2D eigenvalue weighted by Crippen LogP contribution is 2.56. The molecule has 155 valence electrons. The van der Waals surface area contributed by atoms with Gasteiger partial charge in [-0.05, 0) is 50.6 Å². The first kappa shape index (κ1) is 19.8. The second kappa shape index (κ2) is 7.92. The largest absolute Gasteiger partial charge is 0.450 e. The van der Waals surface area contributed by atoms with Gasteiger partial charge in [-0.2, -0.15) is 0 Å². The van der Waals surface area contributed by atoms with Gasteiger partial charge in [0.05, 0.1) is 5.41 Å². The predicted molar refractivity (Wildman–Crippen MR) is 137 cm³/mol. The standard InChI is InChI=1S/C31H22BO/c33-32-26-18-15-22(16-19-26)23-17-20-28-27-13-7-8-14-29(27)31(30(28)21-23,24-9-3-1-4-10-24)25-11-5-2-6-12-25/h1-21,33H. The predicted octanol–water partition coefficient (Wildman–Crippen LogP) is 5.95. The van der Waals surface area contributed by atoms with E-state index in [1.165, 1.54) is 38.9 Å². The lowest BCUT2D eigenvalue weighted by molar-refractivity contribution is 0.615. The van der Waals surface area contributed by atoms with Crippen molar-refractivity contribution in [3.05, 3.63) is 150 Å². The molecule has 1 aliphatic carbocycles. The normalized spacial score (nSPS) is 13.2. The van der Waals surface area contributed by atoms with Crippen molar-refractivity contribution in [1.29, 1.82) is 0 Å². The number of hydrogen-bond donors (Lipinski definition) is 1. The van der Waals surface area contributed by atoms with Gasteiger partial charge in [-0.25, -0.2) is 0 Å². The Kier molecular flexibility index (Phi) is 4.75. The average molecular weight is 421 g/mol. The molecule has 0 spiro atoms. The SMILES string of the molecule is O[B]c1ccc(-c2ccc3c(c2)C(c2ccccc2)(c2ccccc2)c2ccccc2-3)cc1. The summed E-state index contributed by atoms with van der Waals surface area (Å²) < 4.78 is 0. The monoisotopic (exact) mass is 421 g/mol. The summed E-state index contributed by atoms with van der Waals surface area (Å²) in [6.45, 7) is 0. The zero-order chi connectivity index (χ0) is 22.3. The van der Waals surface area contributed by atoms with Gasteiger partial charge in [0.15, 0.2) is 0 Å². The second-order valence-electron chi connectivity index (χ2n) is 8.54. The first-order valence-electron chi connectivity index (χ1n) is 11.3. The van der Waals surface area contributed by atoms with Crippen LogP contribution >= 0.6 is 0 Å². The molecule has 2 heteroatoms. The summed E-state index contributed by atoms with van der Waals surface area (Å²) in [5.41, 5.74) is 10.4. The van der Waals surface area contributed by atoms with Crippen LogP contribution in [-0.2, 0) is 5.41 Å². The molecule has 33 heavy (non-hydrogen) atoms. The van der Waals surface area contributed by atoms with Crippen LogP contribution in [0, 0.1) is 0 Å². The summed E-state index contributed by atoms with van der Waals surface area (Å²) in [5, 5.41) is 9.32. The lowest BCUT2D eigenvalue weighted by Gasteiger charge is -2.34. The van der Waals surface area contributed by atoms with Crippen molar-refractivity contribution in [3.8, 4) is 22.3 Å². The third-order valence-electron chi connectivity index (χ3n) is 6.85. The van der Waals surface area contributed by atoms with Gasteiger partial charge >= 0.3 is 7.48 Å². The van der Waals surface area contributed by atoms with Crippen LogP contribution in [0.15, 0.2) is 127 Å². The molecule has 0 heterocycles. The highest BCUT2D eigenvalue weighted by Gasteiger charge is 2.45. The minimum absolute atomic E-state index is 0.386. The zero-order valence-corrected chi connectivity index (χ0v) is 18.1. The fraction of sp³-hybridized carbons (Fsp3) is 0.0323. The molecule has 5 aromatic carbocycles. The molecule has 1 aliphatic rings. The van der Waals surface area contributed by atoms with E-state index in [1.54, 1.807) is 0 Å². The van der Waals surface area contributed by atoms with Crippen molar-refractivity contribution in [3.63, 3.8) is 0 Å². The van der Waals surface area contributed by atoms with Gasteiger partial charge in [0.1, 0.15) is 0 Å². The summed E-state index contributed by atoms with van der Waals surface area (Å²) in [6, 6.07) is 45.3. The number of rotatable bonds is 4. The molecule has 1 nitrogen and oxygen atoms in total. The number of fused-ring (bicyclic) bond motifs is 3. The molecular weight excluding hydrogens is 399 g/mol. The fourth-order valence-electron chi connectivity index (χ4n) is 5.39. The van der Waals surface area contributed by atoms with Crippen LogP contribution in [0.4, 0.5) is 0 Å². The van der Waals surface area contributed by atoms with Crippen LogP contribution in [0.5, 0.6) is 0 Å². The third-order valence-corrected chi connectivity index (χ3v) is 6.85. The Morgan fingerprint density at radius 1 is 0.485 bits per heavy atom. The molecule has 0 amide bonds. The average Bonchev–Trinajstić information content (AvgIpc) is 3.20.